The molecule has 0 amide bonds. The number of aliphatic imine (C=N–C) groups is 1. The van der Waals surface area contributed by atoms with E-state index in [1.165, 1.54) is 12.4 Å². The van der Waals surface area contributed by atoms with Crippen LogP contribution in [0.1, 0.15) is 11.1 Å². The summed E-state index contributed by atoms with van der Waals surface area (Å²) in [5.41, 5.74) is 2.96. The third-order valence-corrected chi connectivity index (χ3v) is 4.90. The second kappa shape index (κ2) is 8.90. The van der Waals surface area contributed by atoms with Crippen LogP contribution in [0.25, 0.3) is 11.2 Å². The maximum Gasteiger partial charge on any atom is 0.269 e. The van der Waals surface area contributed by atoms with Crippen molar-refractivity contribution in [3.05, 3.63) is 56.7 Å². The Balaban J connectivity index is 0.000000158. The van der Waals surface area contributed by atoms with Gasteiger partial charge in [0.1, 0.15) is 0 Å². The van der Waals surface area contributed by atoms with E-state index in [1.54, 1.807) is 17.0 Å². The summed E-state index contributed by atoms with van der Waals surface area (Å²) < 4.78 is 13.2. The molecule has 0 atom stereocenters. The third kappa shape index (κ3) is 4.66. The van der Waals surface area contributed by atoms with Crippen molar-refractivity contribution >= 4 is 44.9 Å². The van der Waals surface area contributed by atoms with Crippen LogP contribution in [0.2, 0.25) is 0 Å². The molecule has 9 nitrogen and oxygen atoms in total. The molecule has 1 saturated heterocycles. The molecular weight excluding hydrogens is 454 g/mol. The van der Waals surface area contributed by atoms with Gasteiger partial charge in [0.05, 0.1) is 37.7 Å². The zero-order valence-electron chi connectivity index (χ0n) is 16.1. The van der Waals surface area contributed by atoms with Gasteiger partial charge in [-0.3, -0.25) is 14.2 Å². The van der Waals surface area contributed by atoms with Gasteiger partial charge in [-0.1, -0.05) is 0 Å². The van der Waals surface area contributed by atoms with Gasteiger partial charge in [-0.15, -0.1) is 0 Å². The third-order valence-electron chi connectivity index (χ3n) is 4.47. The molecule has 1 fully saturated rings. The lowest BCUT2D eigenvalue weighted by Gasteiger charge is -2.13. The van der Waals surface area contributed by atoms with E-state index in [0.29, 0.717) is 43.2 Å². The Labute approximate surface area is 179 Å². The highest BCUT2D eigenvalue weighted by Crippen LogP contribution is 2.22. The summed E-state index contributed by atoms with van der Waals surface area (Å²) >= 11 is 3.28. The molecule has 0 aromatic carbocycles. The molecule has 0 bridgehead atoms. The summed E-state index contributed by atoms with van der Waals surface area (Å²) in [4.78, 5) is 39.0. The normalized spacial score (nSPS) is 15.7. The number of fused-ring (bicyclic) bond motifs is 2. The first kappa shape index (κ1) is 20.5. The summed E-state index contributed by atoms with van der Waals surface area (Å²) in [7, 11) is 0. The minimum absolute atomic E-state index is 0.0300. The fourth-order valence-corrected chi connectivity index (χ4v) is 3.46. The summed E-state index contributed by atoms with van der Waals surface area (Å²) in [6, 6.07) is 3.77. The van der Waals surface area contributed by atoms with Crippen LogP contribution >= 0.6 is 15.9 Å². The molecule has 0 saturated carbocycles. The van der Waals surface area contributed by atoms with E-state index in [2.05, 4.69) is 35.9 Å². The van der Waals surface area contributed by atoms with Crippen molar-refractivity contribution in [3.8, 4) is 0 Å². The van der Waals surface area contributed by atoms with Gasteiger partial charge >= 0.3 is 0 Å². The Hall–Kier alpha value is -2.82. The molecule has 0 N–H and O–H groups in total. The number of carbonyl (C=O) groups excluding carboxylic acids is 1. The molecule has 0 unspecified atom stereocenters. The molecule has 10 heteroatoms. The van der Waals surface area contributed by atoms with Gasteiger partial charge in [0.15, 0.2) is 23.5 Å². The van der Waals surface area contributed by atoms with Crippen LogP contribution in [0.3, 0.4) is 0 Å². The minimum atomic E-state index is -0.367. The van der Waals surface area contributed by atoms with Crippen molar-refractivity contribution in [1.29, 1.82) is 0 Å². The Morgan fingerprint density at radius 3 is 2.67 bits per heavy atom. The first-order valence-electron chi connectivity index (χ1n) is 9.26. The van der Waals surface area contributed by atoms with E-state index in [9.17, 15) is 9.59 Å². The topological polar surface area (TPSA) is 109 Å². The molecule has 0 spiro atoms. The number of nitrogens with zero attached hydrogens (tertiary/aromatic N) is 5. The van der Waals surface area contributed by atoms with Gasteiger partial charge < -0.3 is 9.47 Å². The summed E-state index contributed by atoms with van der Waals surface area (Å²) in [6.45, 7) is 3.43. The standard InChI is InChI=1S/C12H13N3O3.C8H5BrN2O/c1-8-4-9-12(13-5-8)14-6-10(16)15(9)7-11-17-2-3-18-11;9-6-1-5-2-7(12)4-11-8(5)10-3-6/h4-6,11H,2-3,7H2,1H3;1,3-4H,2H2. The average molecular weight is 472 g/mol. The lowest BCUT2D eigenvalue weighted by atomic mass is 10.1. The van der Waals surface area contributed by atoms with Crippen LogP contribution in [0.15, 0.2) is 45.0 Å². The fraction of sp³-hybridized carbons (Fsp3) is 0.300. The van der Waals surface area contributed by atoms with Crippen LogP contribution < -0.4 is 5.56 Å². The second-order valence-electron chi connectivity index (χ2n) is 6.77. The van der Waals surface area contributed by atoms with E-state index in [0.717, 1.165) is 15.6 Å². The van der Waals surface area contributed by atoms with Crippen molar-refractivity contribution in [1.82, 2.24) is 19.5 Å². The maximum atomic E-state index is 11.9. The largest absolute Gasteiger partial charge is 0.348 e. The SMILES string of the molecule is Cc1cnc2ncc(=O)n(CC3OCCO3)c2c1.O=C1C=Nc2ncc(Br)cc2C1. The van der Waals surface area contributed by atoms with Gasteiger partial charge in [0.2, 0.25) is 0 Å². The van der Waals surface area contributed by atoms with E-state index in [1.807, 2.05) is 19.1 Å². The Kier molecular flexibility index (Phi) is 6.07. The second-order valence-corrected chi connectivity index (χ2v) is 7.69. The lowest BCUT2D eigenvalue weighted by Crippen LogP contribution is -2.27. The highest BCUT2D eigenvalue weighted by atomic mass is 79.9. The number of carbonyl (C=O) groups is 1. The van der Waals surface area contributed by atoms with E-state index < -0.39 is 0 Å². The number of hydrogen-bond donors (Lipinski definition) is 0. The van der Waals surface area contributed by atoms with Gasteiger partial charge in [0, 0.05) is 28.9 Å². The molecule has 5 heterocycles. The van der Waals surface area contributed by atoms with E-state index >= 15 is 0 Å². The van der Waals surface area contributed by atoms with Crippen molar-refractivity contribution in [2.45, 2.75) is 26.2 Å². The Bertz CT molecular complexity index is 1190. The minimum Gasteiger partial charge on any atom is -0.348 e. The highest BCUT2D eigenvalue weighted by Gasteiger charge is 2.18. The van der Waals surface area contributed by atoms with Gasteiger partial charge in [-0.25, -0.2) is 19.9 Å². The smallest absolute Gasteiger partial charge is 0.269 e. The number of halogens is 1. The molecule has 30 heavy (non-hydrogen) atoms. The number of ether oxygens (including phenoxy) is 2. The van der Waals surface area contributed by atoms with E-state index in [-0.39, 0.29) is 17.6 Å². The summed E-state index contributed by atoms with van der Waals surface area (Å²) in [5.74, 6) is 0.681. The summed E-state index contributed by atoms with van der Waals surface area (Å²) in [5, 5.41) is 0. The number of ketones is 1. The van der Waals surface area contributed by atoms with Crippen molar-refractivity contribution in [2.75, 3.05) is 13.2 Å². The lowest BCUT2D eigenvalue weighted by molar-refractivity contribution is -0.112. The zero-order chi connectivity index (χ0) is 21.1. The molecule has 3 aromatic rings. The number of aromatic nitrogens is 4. The Morgan fingerprint density at radius 2 is 1.87 bits per heavy atom. The Morgan fingerprint density at radius 1 is 1.10 bits per heavy atom. The average Bonchev–Trinajstić information content (AvgIpc) is 3.24. The van der Waals surface area contributed by atoms with Crippen molar-refractivity contribution < 1.29 is 14.3 Å². The molecule has 0 aliphatic carbocycles. The van der Waals surface area contributed by atoms with Crippen molar-refractivity contribution in [3.63, 3.8) is 0 Å². The van der Waals surface area contributed by atoms with Gasteiger partial charge in [-0.2, -0.15) is 0 Å². The predicted molar refractivity (Wildman–Crippen MR) is 113 cm³/mol. The molecule has 3 aromatic heterocycles. The molecule has 2 aliphatic heterocycles. The van der Waals surface area contributed by atoms with E-state index in [4.69, 9.17) is 9.47 Å². The maximum absolute atomic E-state index is 11.9. The van der Waals surface area contributed by atoms with Crippen LogP contribution in [0.5, 0.6) is 0 Å². The fourth-order valence-electron chi connectivity index (χ4n) is 3.09. The number of rotatable bonds is 2. The quantitative estimate of drug-likeness (QED) is 0.562. The van der Waals surface area contributed by atoms with Crippen LogP contribution in [0, 0.1) is 6.92 Å². The van der Waals surface area contributed by atoms with Gasteiger partial charge in [-0.05, 0) is 40.5 Å². The number of Topliss-reactive ketones (excluding diaryl/α,β-unsaturated/α-hetero) is 1. The summed E-state index contributed by atoms with van der Waals surface area (Å²) in [6.07, 6.45) is 6.04. The zero-order valence-corrected chi connectivity index (χ0v) is 17.7. The molecule has 2 aliphatic rings. The van der Waals surface area contributed by atoms with Gasteiger partial charge in [0.25, 0.3) is 5.56 Å². The molecule has 5 rings (SSSR count). The first-order valence-corrected chi connectivity index (χ1v) is 10.1. The van der Waals surface area contributed by atoms with Crippen LogP contribution in [0.4, 0.5) is 5.82 Å². The predicted octanol–water partition coefficient (Wildman–Crippen LogP) is 2.14. The van der Waals surface area contributed by atoms with Crippen LogP contribution in [-0.2, 0) is 27.2 Å². The number of pyridine rings is 2. The van der Waals surface area contributed by atoms with Crippen LogP contribution in [-0.4, -0.2) is 51.0 Å². The molecular formula is C20H18BrN5O4. The highest BCUT2D eigenvalue weighted by molar-refractivity contribution is 9.10. The first-order chi connectivity index (χ1) is 14.5. The van der Waals surface area contributed by atoms with Crippen molar-refractivity contribution in [2.24, 2.45) is 4.99 Å². The number of aryl methyl sites for hydroxylation is 1. The molecule has 0 radical (unpaired) electrons. The molecule has 154 valence electrons. The number of hydrogen-bond acceptors (Lipinski definition) is 8. The monoisotopic (exact) mass is 471 g/mol.